The lowest BCUT2D eigenvalue weighted by Gasteiger charge is -2.64. The van der Waals surface area contributed by atoms with Gasteiger partial charge in [0.1, 0.15) is 0 Å². The van der Waals surface area contributed by atoms with Crippen LogP contribution in [0, 0.1) is 11.3 Å². The van der Waals surface area contributed by atoms with E-state index in [0.29, 0.717) is 11.1 Å². The SMILES string of the molecule is O=C(O)C12CC(C1)C2n1ccc(Cl)n1. The highest BCUT2D eigenvalue weighted by Gasteiger charge is 2.71. The minimum atomic E-state index is -0.698. The first kappa shape index (κ1) is 8.29. The topological polar surface area (TPSA) is 55.1 Å². The molecule has 3 aliphatic rings. The highest BCUT2D eigenvalue weighted by Crippen LogP contribution is 2.71. The number of carboxylic acids is 1. The van der Waals surface area contributed by atoms with Gasteiger partial charge in [-0.05, 0) is 24.8 Å². The van der Waals surface area contributed by atoms with Gasteiger partial charge in [-0.1, -0.05) is 11.6 Å². The third kappa shape index (κ3) is 0.756. The Labute approximate surface area is 85.5 Å². The predicted molar refractivity (Wildman–Crippen MR) is 49.1 cm³/mol. The number of hydrogen-bond donors (Lipinski definition) is 1. The molecule has 1 atom stereocenters. The largest absolute Gasteiger partial charge is 0.481 e. The molecule has 1 unspecified atom stereocenters. The van der Waals surface area contributed by atoms with Gasteiger partial charge in [0.25, 0.3) is 0 Å². The van der Waals surface area contributed by atoms with Crippen LogP contribution in [0.25, 0.3) is 0 Å². The second-order valence-corrected chi connectivity index (χ2v) is 4.58. The van der Waals surface area contributed by atoms with E-state index in [1.807, 2.05) is 0 Å². The molecule has 1 heterocycles. The molecule has 4 nitrogen and oxygen atoms in total. The second kappa shape index (κ2) is 2.31. The summed E-state index contributed by atoms with van der Waals surface area (Å²) in [5, 5.41) is 13.6. The summed E-state index contributed by atoms with van der Waals surface area (Å²) in [4.78, 5) is 11.1. The Bertz CT molecular complexity index is 409. The average molecular weight is 213 g/mol. The Kier molecular flexibility index (Phi) is 1.37. The molecule has 0 amide bonds. The lowest BCUT2D eigenvalue weighted by molar-refractivity contribution is -0.211. The molecule has 3 saturated carbocycles. The van der Waals surface area contributed by atoms with E-state index in [0.717, 1.165) is 12.8 Å². The Morgan fingerprint density at radius 1 is 1.71 bits per heavy atom. The van der Waals surface area contributed by atoms with Gasteiger partial charge in [-0.25, -0.2) is 0 Å². The molecule has 0 radical (unpaired) electrons. The highest BCUT2D eigenvalue weighted by atomic mass is 35.5. The number of nitrogens with zero attached hydrogens (tertiary/aromatic N) is 2. The van der Waals surface area contributed by atoms with Crippen molar-refractivity contribution in [3.05, 3.63) is 17.4 Å². The van der Waals surface area contributed by atoms with Gasteiger partial charge in [0, 0.05) is 6.20 Å². The quantitative estimate of drug-likeness (QED) is 0.810. The molecule has 2 bridgehead atoms. The van der Waals surface area contributed by atoms with Gasteiger partial charge >= 0.3 is 5.97 Å². The Hall–Kier alpha value is -1.03. The number of hydrogen-bond acceptors (Lipinski definition) is 2. The molecule has 3 aliphatic carbocycles. The summed E-state index contributed by atoms with van der Waals surface area (Å²) in [7, 11) is 0. The van der Waals surface area contributed by atoms with Crippen LogP contribution in [0.1, 0.15) is 18.9 Å². The molecular weight excluding hydrogens is 204 g/mol. The van der Waals surface area contributed by atoms with E-state index < -0.39 is 11.4 Å². The molecule has 0 spiro atoms. The van der Waals surface area contributed by atoms with Crippen LogP contribution in [0.2, 0.25) is 5.15 Å². The van der Waals surface area contributed by atoms with E-state index >= 15 is 0 Å². The summed E-state index contributed by atoms with van der Waals surface area (Å²) in [6.07, 6.45) is 3.35. The van der Waals surface area contributed by atoms with E-state index in [4.69, 9.17) is 16.7 Å². The first-order valence-corrected chi connectivity index (χ1v) is 4.95. The molecule has 1 N–H and O–H groups in total. The number of carboxylic acid groups (broad SMARTS) is 1. The zero-order valence-corrected chi connectivity index (χ0v) is 8.11. The Balaban J connectivity index is 1.92. The van der Waals surface area contributed by atoms with Crippen LogP contribution >= 0.6 is 11.6 Å². The highest BCUT2D eigenvalue weighted by molar-refractivity contribution is 6.29. The average Bonchev–Trinajstić information content (AvgIpc) is 2.28. The number of rotatable bonds is 2. The molecule has 0 saturated heterocycles. The molecule has 4 rings (SSSR count). The smallest absolute Gasteiger partial charge is 0.311 e. The monoisotopic (exact) mass is 212 g/mol. The molecule has 74 valence electrons. The molecule has 1 aromatic heterocycles. The molecule has 0 aliphatic heterocycles. The van der Waals surface area contributed by atoms with Gasteiger partial charge in [-0.2, -0.15) is 5.10 Å². The molecule has 3 fully saturated rings. The number of aromatic nitrogens is 2. The Morgan fingerprint density at radius 2 is 2.43 bits per heavy atom. The summed E-state index contributed by atoms with van der Waals surface area (Å²) in [6.45, 7) is 0. The van der Waals surface area contributed by atoms with Gasteiger partial charge in [0.05, 0.1) is 11.5 Å². The first-order chi connectivity index (χ1) is 6.63. The van der Waals surface area contributed by atoms with Gasteiger partial charge in [0.2, 0.25) is 0 Å². The summed E-state index contributed by atoms with van der Waals surface area (Å²) in [5.74, 6) is -0.210. The molecule has 5 heteroatoms. The summed E-state index contributed by atoms with van der Waals surface area (Å²) in [6, 6.07) is 1.72. The van der Waals surface area contributed by atoms with Crippen molar-refractivity contribution in [3.63, 3.8) is 0 Å². The maximum Gasteiger partial charge on any atom is 0.311 e. The maximum absolute atomic E-state index is 11.1. The van der Waals surface area contributed by atoms with Crippen LogP contribution in [0.4, 0.5) is 0 Å². The van der Waals surface area contributed by atoms with Gasteiger partial charge in [-0.15, -0.1) is 0 Å². The van der Waals surface area contributed by atoms with E-state index in [-0.39, 0.29) is 6.04 Å². The molecule has 14 heavy (non-hydrogen) atoms. The van der Waals surface area contributed by atoms with Crippen LogP contribution in [0.3, 0.4) is 0 Å². The van der Waals surface area contributed by atoms with Crippen molar-refractivity contribution in [3.8, 4) is 0 Å². The Morgan fingerprint density at radius 3 is 2.79 bits per heavy atom. The van der Waals surface area contributed by atoms with Gasteiger partial charge in [0.15, 0.2) is 5.15 Å². The predicted octanol–water partition coefficient (Wildman–Crippen LogP) is 1.57. The lowest BCUT2D eigenvalue weighted by Crippen LogP contribution is -2.65. The molecular formula is C9H9ClN2O2. The summed E-state index contributed by atoms with van der Waals surface area (Å²) in [5.41, 5.74) is -0.542. The van der Waals surface area contributed by atoms with Gasteiger partial charge in [-0.3, -0.25) is 9.48 Å². The third-order valence-electron chi connectivity index (χ3n) is 3.55. The van der Waals surface area contributed by atoms with Crippen LogP contribution in [0.5, 0.6) is 0 Å². The van der Waals surface area contributed by atoms with E-state index in [9.17, 15) is 4.79 Å². The standard InChI is InChI=1S/C9H9ClN2O2/c10-6-1-2-12(11-6)7-5-3-9(7,4-5)8(13)14/h1-2,5,7H,3-4H2,(H,13,14). The van der Waals surface area contributed by atoms with Crippen LogP contribution < -0.4 is 0 Å². The van der Waals surface area contributed by atoms with Crippen LogP contribution in [-0.2, 0) is 4.79 Å². The summed E-state index contributed by atoms with van der Waals surface area (Å²) >= 11 is 5.69. The van der Waals surface area contributed by atoms with Crippen LogP contribution in [0.15, 0.2) is 12.3 Å². The van der Waals surface area contributed by atoms with E-state index in [1.165, 1.54) is 0 Å². The summed E-state index contributed by atoms with van der Waals surface area (Å²) < 4.78 is 1.70. The zero-order valence-electron chi connectivity index (χ0n) is 7.35. The van der Waals surface area contributed by atoms with Crippen molar-refractivity contribution < 1.29 is 9.90 Å². The molecule has 1 aromatic rings. The van der Waals surface area contributed by atoms with Crippen molar-refractivity contribution >= 4 is 17.6 Å². The third-order valence-corrected chi connectivity index (χ3v) is 3.75. The zero-order chi connectivity index (χ0) is 9.92. The van der Waals surface area contributed by atoms with Crippen molar-refractivity contribution in [1.29, 1.82) is 0 Å². The fourth-order valence-electron chi connectivity index (χ4n) is 2.71. The number of halogens is 1. The number of aliphatic carboxylic acids is 1. The fourth-order valence-corrected chi connectivity index (χ4v) is 2.85. The minimum Gasteiger partial charge on any atom is -0.481 e. The normalized spacial score (nSPS) is 38.6. The van der Waals surface area contributed by atoms with Gasteiger partial charge < -0.3 is 5.11 Å². The fraction of sp³-hybridized carbons (Fsp3) is 0.556. The van der Waals surface area contributed by atoms with Crippen molar-refractivity contribution in [2.24, 2.45) is 11.3 Å². The maximum atomic E-state index is 11.1. The van der Waals surface area contributed by atoms with Crippen molar-refractivity contribution in [1.82, 2.24) is 9.78 Å². The van der Waals surface area contributed by atoms with E-state index in [2.05, 4.69) is 5.10 Å². The van der Waals surface area contributed by atoms with Crippen molar-refractivity contribution in [2.45, 2.75) is 18.9 Å². The van der Waals surface area contributed by atoms with Crippen molar-refractivity contribution in [2.75, 3.05) is 0 Å². The first-order valence-electron chi connectivity index (χ1n) is 4.57. The second-order valence-electron chi connectivity index (χ2n) is 4.19. The lowest BCUT2D eigenvalue weighted by atomic mass is 9.41. The minimum absolute atomic E-state index is 0.0347. The number of carbonyl (C=O) groups is 1. The molecule has 0 aromatic carbocycles. The van der Waals surface area contributed by atoms with E-state index in [1.54, 1.807) is 16.9 Å². The van der Waals surface area contributed by atoms with Crippen LogP contribution in [-0.4, -0.2) is 20.9 Å².